The number of anilines is 1. The Morgan fingerprint density at radius 2 is 2.11 bits per heavy atom. The Labute approximate surface area is 104 Å². The van der Waals surface area contributed by atoms with E-state index < -0.39 is 5.97 Å². The summed E-state index contributed by atoms with van der Waals surface area (Å²) in [6.07, 6.45) is 2.33. The molecule has 1 saturated heterocycles. The maximum atomic E-state index is 11.9. The molecule has 0 unspecified atom stereocenters. The molecule has 1 aromatic carbocycles. The lowest BCUT2D eigenvalue weighted by atomic mass is 10.1. The van der Waals surface area contributed by atoms with Crippen LogP contribution in [0.5, 0.6) is 0 Å². The lowest BCUT2D eigenvalue weighted by molar-refractivity contribution is 0.0673. The van der Waals surface area contributed by atoms with Crippen molar-refractivity contribution in [1.82, 2.24) is 0 Å². The summed E-state index contributed by atoms with van der Waals surface area (Å²) in [6, 6.07) is 6.35. The van der Waals surface area contributed by atoms with Crippen LogP contribution in [0.2, 0.25) is 0 Å². The Morgan fingerprint density at radius 1 is 1.33 bits per heavy atom. The fraction of sp³-hybridized carbons (Fsp3) is 0.385. The minimum Gasteiger partial charge on any atom is -0.478 e. The van der Waals surface area contributed by atoms with Crippen molar-refractivity contribution in [3.05, 3.63) is 29.8 Å². The molecule has 0 aromatic heterocycles. The first kappa shape index (κ1) is 11.1. The molecule has 5 heteroatoms. The fourth-order valence-corrected chi connectivity index (χ4v) is 2.23. The minimum absolute atomic E-state index is 0.173. The third-order valence-corrected chi connectivity index (χ3v) is 3.53. The molecular formula is C13H13NO4. The van der Waals surface area contributed by atoms with Gasteiger partial charge < -0.3 is 9.84 Å². The topological polar surface area (TPSA) is 66.8 Å². The number of amides is 1. The minimum atomic E-state index is -0.999. The molecule has 18 heavy (non-hydrogen) atoms. The van der Waals surface area contributed by atoms with Crippen LogP contribution >= 0.6 is 0 Å². The molecule has 5 nitrogen and oxygen atoms in total. The van der Waals surface area contributed by atoms with Crippen molar-refractivity contribution in [3.8, 4) is 0 Å². The van der Waals surface area contributed by atoms with Crippen molar-refractivity contribution < 1.29 is 19.4 Å². The summed E-state index contributed by atoms with van der Waals surface area (Å²) in [5, 5.41) is 8.93. The zero-order valence-electron chi connectivity index (χ0n) is 9.76. The summed E-state index contributed by atoms with van der Waals surface area (Å²) in [5.74, 6) is -0.999. The molecule has 1 aliphatic heterocycles. The third-order valence-electron chi connectivity index (χ3n) is 3.53. The van der Waals surface area contributed by atoms with Gasteiger partial charge in [0.1, 0.15) is 5.60 Å². The van der Waals surface area contributed by atoms with Gasteiger partial charge in [-0.25, -0.2) is 9.59 Å². The average molecular weight is 247 g/mol. The van der Waals surface area contributed by atoms with Gasteiger partial charge in [0.15, 0.2) is 0 Å². The lowest BCUT2D eigenvalue weighted by Crippen LogP contribution is -2.43. The first-order valence-electron chi connectivity index (χ1n) is 5.94. The highest BCUT2D eigenvalue weighted by atomic mass is 16.6. The van der Waals surface area contributed by atoms with Crippen LogP contribution in [-0.2, 0) is 4.74 Å². The Balaban J connectivity index is 1.84. The lowest BCUT2D eigenvalue weighted by Gasteiger charge is -2.32. The maximum Gasteiger partial charge on any atom is 0.414 e. The quantitative estimate of drug-likeness (QED) is 0.870. The van der Waals surface area contributed by atoms with E-state index in [4.69, 9.17) is 9.84 Å². The van der Waals surface area contributed by atoms with Crippen LogP contribution in [0.1, 0.15) is 29.6 Å². The van der Waals surface area contributed by atoms with Crippen LogP contribution in [0, 0.1) is 0 Å². The molecule has 0 radical (unpaired) electrons. The van der Waals surface area contributed by atoms with E-state index in [1.165, 1.54) is 17.0 Å². The summed E-state index contributed by atoms with van der Waals surface area (Å²) in [4.78, 5) is 24.3. The standard InChI is InChI=1S/C13H13NO4/c15-11(16)9-2-1-3-10(8-9)14-7-6-13(4-5-13)18-12(14)17/h1-3,8H,4-7H2,(H,15,16). The molecule has 2 aliphatic rings. The zero-order chi connectivity index (χ0) is 12.8. The van der Waals surface area contributed by atoms with Gasteiger partial charge in [0, 0.05) is 18.7 Å². The summed E-state index contributed by atoms with van der Waals surface area (Å²) in [7, 11) is 0. The Hall–Kier alpha value is -2.04. The van der Waals surface area contributed by atoms with E-state index in [1.54, 1.807) is 12.1 Å². The number of ether oxygens (including phenoxy) is 1. The Morgan fingerprint density at radius 3 is 2.72 bits per heavy atom. The monoisotopic (exact) mass is 247 g/mol. The number of carboxylic acids is 1. The molecular weight excluding hydrogens is 234 g/mol. The molecule has 1 heterocycles. The number of carbonyl (C=O) groups is 2. The van der Waals surface area contributed by atoms with Crippen molar-refractivity contribution in [2.24, 2.45) is 0 Å². The first-order chi connectivity index (χ1) is 8.60. The number of hydrogen-bond donors (Lipinski definition) is 1. The third kappa shape index (κ3) is 1.81. The number of benzene rings is 1. The molecule has 0 atom stereocenters. The van der Waals surface area contributed by atoms with Crippen molar-refractivity contribution in [2.75, 3.05) is 11.4 Å². The predicted octanol–water partition coefficient (Wildman–Crippen LogP) is 2.26. The van der Waals surface area contributed by atoms with Gasteiger partial charge in [-0.05, 0) is 31.0 Å². The Bertz CT molecular complexity index is 521. The van der Waals surface area contributed by atoms with Gasteiger partial charge in [0.05, 0.1) is 5.56 Å². The van der Waals surface area contributed by atoms with E-state index in [-0.39, 0.29) is 17.3 Å². The van der Waals surface area contributed by atoms with Gasteiger partial charge in [0.25, 0.3) is 0 Å². The van der Waals surface area contributed by atoms with E-state index in [0.29, 0.717) is 12.2 Å². The largest absolute Gasteiger partial charge is 0.478 e. The van der Waals surface area contributed by atoms with E-state index >= 15 is 0 Å². The van der Waals surface area contributed by atoms with Crippen LogP contribution in [0.25, 0.3) is 0 Å². The molecule has 1 saturated carbocycles. The second-order valence-electron chi connectivity index (χ2n) is 4.81. The van der Waals surface area contributed by atoms with E-state index in [1.807, 2.05) is 0 Å². The molecule has 1 spiro atoms. The number of hydrogen-bond acceptors (Lipinski definition) is 3. The van der Waals surface area contributed by atoms with Crippen LogP contribution in [0.15, 0.2) is 24.3 Å². The van der Waals surface area contributed by atoms with Crippen molar-refractivity contribution in [3.63, 3.8) is 0 Å². The predicted molar refractivity (Wildman–Crippen MR) is 63.8 cm³/mol. The maximum absolute atomic E-state index is 11.9. The van der Waals surface area contributed by atoms with Gasteiger partial charge in [-0.2, -0.15) is 0 Å². The van der Waals surface area contributed by atoms with Crippen LogP contribution in [-0.4, -0.2) is 29.3 Å². The van der Waals surface area contributed by atoms with E-state index in [9.17, 15) is 9.59 Å². The fourth-order valence-electron chi connectivity index (χ4n) is 2.23. The normalized spacial score (nSPS) is 20.7. The molecule has 1 aliphatic carbocycles. The van der Waals surface area contributed by atoms with Gasteiger partial charge in [-0.15, -0.1) is 0 Å². The molecule has 2 fully saturated rings. The highest BCUT2D eigenvalue weighted by Gasteiger charge is 2.50. The summed E-state index contributed by atoms with van der Waals surface area (Å²) in [5.41, 5.74) is 0.542. The number of aromatic carboxylic acids is 1. The highest BCUT2D eigenvalue weighted by molar-refractivity contribution is 5.93. The average Bonchev–Trinajstić information content (AvgIpc) is 3.09. The zero-order valence-corrected chi connectivity index (χ0v) is 9.76. The van der Waals surface area contributed by atoms with Crippen LogP contribution in [0.4, 0.5) is 10.5 Å². The number of nitrogens with zero attached hydrogens (tertiary/aromatic N) is 1. The van der Waals surface area contributed by atoms with Gasteiger partial charge in [-0.3, -0.25) is 4.90 Å². The number of rotatable bonds is 2. The molecule has 3 rings (SSSR count). The molecule has 1 aromatic rings. The van der Waals surface area contributed by atoms with Crippen molar-refractivity contribution in [1.29, 1.82) is 0 Å². The van der Waals surface area contributed by atoms with Gasteiger partial charge in [0.2, 0.25) is 0 Å². The van der Waals surface area contributed by atoms with Crippen molar-refractivity contribution >= 4 is 17.7 Å². The smallest absolute Gasteiger partial charge is 0.414 e. The molecule has 1 amide bonds. The second-order valence-corrected chi connectivity index (χ2v) is 4.81. The SMILES string of the molecule is O=C(O)c1cccc(N2CCC3(CC3)OC2=O)c1. The van der Waals surface area contributed by atoms with E-state index in [0.717, 1.165) is 19.3 Å². The molecule has 1 N–H and O–H groups in total. The summed E-state index contributed by atoms with van der Waals surface area (Å²) >= 11 is 0. The van der Waals surface area contributed by atoms with Gasteiger partial charge >= 0.3 is 12.1 Å². The molecule has 0 bridgehead atoms. The van der Waals surface area contributed by atoms with Crippen LogP contribution < -0.4 is 4.90 Å². The summed E-state index contributed by atoms with van der Waals surface area (Å²) in [6.45, 7) is 0.585. The second kappa shape index (κ2) is 3.73. The number of carboxylic acid groups (broad SMARTS) is 1. The summed E-state index contributed by atoms with van der Waals surface area (Å²) < 4.78 is 5.39. The van der Waals surface area contributed by atoms with Crippen LogP contribution in [0.3, 0.4) is 0 Å². The first-order valence-corrected chi connectivity index (χ1v) is 5.94. The Kier molecular flexibility index (Phi) is 2.29. The number of carbonyl (C=O) groups excluding carboxylic acids is 1. The highest BCUT2D eigenvalue weighted by Crippen LogP contribution is 2.45. The van der Waals surface area contributed by atoms with Crippen molar-refractivity contribution in [2.45, 2.75) is 24.9 Å². The van der Waals surface area contributed by atoms with E-state index in [2.05, 4.69) is 0 Å². The molecule has 94 valence electrons. The van der Waals surface area contributed by atoms with Gasteiger partial charge in [-0.1, -0.05) is 6.07 Å².